The number of thiophene rings is 1. The fourth-order valence-electron chi connectivity index (χ4n) is 3.02. The maximum Gasteiger partial charge on any atom is 0.264 e. The Morgan fingerprint density at radius 3 is 3.08 bits per heavy atom. The second-order valence-corrected chi connectivity index (χ2v) is 7.50. The maximum absolute atomic E-state index is 12.6. The summed E-state index contributed by atoms with van der Waals surface area (Å²) in [5.74, 6) is 1.95. The standard InChI is InChI=1S/C17H21N3O3S/c1-11-6-8-24-15(11)17(21)20-7-2-3-13(9-20)22-10-14-18-16(19-23-14)12-4-5-12/h6,8,12-13H,2-5,7,9-10H2,1H3/t13-/m1/s1. The van der Waals surface area contributed by atoms with E-state index in [1.807, 2.05) is 23.3 Å². The van der Waals surface area contributed by atoms with E-state index in [0.29, 0.717) is 25.0 Å². The van der Waals surface area contributed by atoms with Crippen molar-refractivity contribution in [3.8, 4) is 0 Å². The van der Waals surface area contributed by atoms with Gasteiger partial charge in [-0.15, -0.1) is 11.3 Å². The lowest BCUT2D eigenvalue weighted by Gasteiger charge is -2.32. The quantitative estimate of drug-likeness (QED) is 0.831. The molecule has 2 fully saturated rings. The molecule has 0 bridgehead atoms. The Morgan fingerprint density at radius 2 is 2.33 bits per heavy atom. The van der Waals surface area contributed by atoms with Gasteiger partial charge in [0, 0.05) is 19.0 Å². The molecule has 1 aliphatic heterocycles. The van der Waals surface area contributed by atoms with Gasteiger partial charge in [-0.2, -0.15) is 4.98 Å². The van der Waals surface area contributed by atoms with Crippen molar-refractivity contribution in [1.29, 1.82) is 0 Å². The van der Waals surface area contributed by atoms with Crippen LogP contribution in [0.5, 0.6) is 0 Å². The Kier molecular flexibility index (Phi) is 4.37. The first-order valence-corrected chi connectivity index (χ1v) is 9.36. The van der Waals surface area contributed by atoms with Crippen molar-refractivity contribution in [3.05, 3.63) is 33.6 Å². The fraction of sp³-hybridized carbons (Fsp3) is 0.588. The summed E-state index contributed by atoms with van der Waals surface area (Å²) >= 11 is 1.51. The number of hydrogen-bond acceptors (Lipinski definition) is 6. The molecule has 1 saturated carbocycles. The minimum Gasteiger partial charge on any atom is -0.367 e. The molecule has 1 atom stereocenters. The normalized spacial score (nSPS) is 21.2. The van der Waals surface area contributed by atoms with Crippen LogP contribution in [0, 0.1) is 6.92 Å². The molecule has 6 nitrogen and oxygen atoms in total. The van der Waals surface area contributed by atoms with Crippen molar-refractivity contribution in [2.24, 2.45) is 0 Å². The molecule has 7 heteroatoms. The van der Waals surface area contributed by atoms with Gasteiger partial charge < -0.3 is 14.2 Å². The Morgan fingerprint density at radius 1 is 1.46 bits per heavy atom. The molecule has 24 heavy (non-hydrogen) atoms. The summed E-state index contributed by atoms with van der Waals surface area (Å²) in [6.07, 6.45) is 4.25. The number of ether oxygens (including phenoxy) is 1. The Labute approximate surface area is 144 Å². The molecule has 0 radical (unpaired) electrons. The van der Waals surface area contributed by atoms with Crippen LogP contribution in [0.2, 0.25) is 0 Å². The van der Waals surface area contributed by atoms with Gasteiger partial charge >= 0.3 is 0 Å². The van der Waals surface area contributed by atoms with Gasteiger partial charge in [-0.3, -0.25) is 4.79 Å². The Balaban J connectivity index is 1.32. The molecule has 2 aliphatic rings. The predicted octanol–water partition coefficient (Wildman–Crippen LogP) is 3.14. The van der Waals surface area contributed by atoms with E-state index in [1.165, 1.54) is 11.3 Å². The summed E-state index contributed by atoms with van der Waals surface area (Å²) in [5.41, 5.74) is 1.05. The molecule has 1 saturated heterocycles. The second kappa shape index (κ2) is 6.64. The zero-order valence-electron chi connectivity index (χ0n) is 13.7. The number of hydrogen-bond donors (Lipinski definition) is 0. The van der Waals surface area contributed by atoms with E-state index in [9.17, 15) is 4.79 Å². The molecular formula is C17H21N3O3S. The monoisotopic (exact) mass is 347 g/mol. The number of likely N-dealkylation sites (tertiary alicyclic amines) is 1. The number of nitrogens with zero attached hydrogens (tertiary/aromatic N) is 3. The van der Waals surface area contributed by atoms with Gasteiger partial charge in [-0.1, -0.05) is 5.16 Å². The summed E-state index contributed by atoms with van der Waals surface area (Å²) in [7, 11) is 0. The molecule has 2 aromatic heterocycles. The number of carbonyl (C=O) groups is 1. The zero-order chi connectivity index (χ0) is 16.5. The van der Waals surface area contributed by atoms with Crippen molar-refractivity contribution in [3.63, 3.8) is 0 Å². The van der Waals surface area contributed by atoms with Crippen LogP contribution in [-0.2, 0) is 11.3 Å². The molecule has 1 amide bonds. The van der Waals surface area contributed by atoms with Gasteiger partial charge in [0.05, 0.1) is 11.0 Å². The molecule has 3 heterocycles. The highest BCUT2D eigenvalue weighted by Crippen LogP contribution is 2.38. The predicted molar refractivity (Wildman–Crippen MR) is 89.0 cm³/mol. The molecule has 0 N–H and O–H groups in total. The van der Waals surface area contributed by atoms with E-state index in [0.717, 1.165) is 48.5 Å². The Hall–Kier alpha value is -1.73. The molecule has 1 aliphatic carbocycles. The number of piperidine rings is 1. The Bertz CT molecular complexity index is 722. The smallest absolute Gasteiger partial charge is 0.264 e. The van der Waals surface area contributed by atoms with Gasteiger partial charge in [0.25, 0.3) is 11.8 Å². The van der Waals surface area contributed by atoms with Crippen molar-refractivity contribution in [2.75, 3.05) is 13.1 Å². The highest BCUT2D eigenvalue weighted by molar-refractivity contribution is 7.12. The summed E-state index contributed by atoms with van der Waals surface area (Å²) in [4.78, 5) is 19.7. The number of aromatic nitrogens is 2. The summed E-state index contributed by atoms with van der Waals surface area (Å²) < 4.78 is 11.2. The van der Waals surface area contributed by atoms with Gasteiger partial charge in [0.1, 0.15) is 6.61 Å². The molecular weight excluding hydrogens is 326 g/mol. The van der Waals surface area contributed by atoms with Crippen LogP contribution in [0.3, 0.4) is 0 Å². The lowest BCUT2D eigenvalue weighted by molar-refractivity contribution is -0.0152. The van der Waals surface area contributed by atoms with E-state index in [2.05, 4.69) is 10.1 Å². The van der Waals surface area contributed by atoms with Crippen molar-refractivity contribution in [2.45, 2.75) is 51.2 Å². The molecule has 0 spiro atoms. The minimum atomic E-state index is 0.0271. The zero-order valence-corrected chi connectivity index (χ0v) is 14.6. The van der Waals surface area contributed by atoms with Crippen LogP contribution in [0.25, 0.3) is 0 Å². The number of aryl methyl sites for hydroxylation is 1. The lowest BCUT2D eigenvalue weighted by atomic mass is 10.1. The molecule has 0 unspecified atom stereocenters. The summed E-state index contributed by atoms with van der Waals surface area (Å²) in [6, 6.07) is 1.99. The van der Waals surface area contributed by atoms with E-state index < -0.39 is 0 Å². The highest BCUT2D eigenvalue weighted by Gasteiger charge is 2.30. The molecule has 2 aromatic rings. The minimum absolute atomic E-state index is 0.0271. The second-order valence-electron chi connectivity index (χ2n) is 6.58. The summed E-state index contributed by atoms with van der Waals surface area (Å²) in [5, 5.41) is 5.97. The number of amides is 1. The van der Waals surface area contributed by atoms with Gasteiger partial charge in [0.15, 0.2) is 5.82 Å². The first kappa shape index (κ1) is 15.8. The van der Waals surface area contributed by atoms with E-state index >= 15 is 0 Å². The number of rotatable bonds is 5. The number of carbonyl (C=O) groups excluding carboxylic acids is 1. The van der Waals surface area contributed by atoms with E-state index in [-0.39, 0.29) is 12.0 Å². The summed E-state index contributed by atoms with van der Waals surface area (Å²) in [6.45, 7) is 3.72. The average molecular weight is 347 g/mol. The average Bonchev–Trinajstić information content (AvgIpc) is 3.19. The third kappa shape index (κ3) is 3.37. The van der Waals surface area contributed by atoms with Crippen LogP contribution in [0.15, 0.2) is 16.0 Å². The van der Waals surface area contributed by atoms with Gasteiger partial charge in [0.2, 0.25) is 0 Å². The third-order valence-electron chi connectivity index (χ3n) is 4.59. The van der Waals surface area contributed by atoms with Crippen LogP contribution in [-0.4, -0.2) is 40.1 Å². The van der Waals surface area contributed by atoms with E-state index in [4.69, 9.17) is 9.26 Å². The van der Waals surface area contributed by atoms with Crippen LogP contribution in [0.1, 0.15) is 58.6 Å². The van der Waals surface area contributed by atoms with E-state index in [1.54, 1.807) is 0 Å². The topological polar surface area (TPSA) is 68.5 Å². The first-order chi connectivity index (χ1) is 11.7. The molecule has 4 rings (SSSR count). The third-order valence-corrected chi connectivity index (χ3v) is 5.59. The van der Waals surface area contributed by atoms with Crippen LogP contribution >= 0.6 is 11.3 Å². The van der Waals surface area contributed by atoms with Crippen molar-refractivity contribution in [1.82, 2.24) is 15.0 Å². The van der Waals surface area contributed by atoms with Crippen LogP contribution in [0.4, 0.5) is 0 Å². The SMILES string of the molecule is Cc1ccsc1C(=O)N1CCC[C@@H](OCc2nc(C3CC3)no2)C1. The molecule has 128 valence electrons. The highest BCUT2D eigenvalue weighted by atomic mass is 32.1. The van der Waals surface area contributed by atoms with Gasteiger partial charge in [-0.25, -0.2) is 0 Å². The fourth-order valence-corrected chi connectivity index (χ4v) is 3.91. The van der Waals surface area contributed by atoms with Crippen molar-refractivity contribution < 1.29 is 14.1 Å². The molecule has 0 aromatic carbocycles. The van der Waals surface area contributed by atoms with Crippen LogP contribution < -0.4 is 0 Å². The van der Waals surface area contributed by atoms with Gasteiger partial charge in [-0.05, 0) is 49.6 Å². The largest absolute Gasteiger partial charge is 0.367 e. The lowest BCUT2D eigenvalue weighted by Crippen LogP contribution is -2.43. The maximum atomic E-state index is 12.6. The van der Waals surface area contributed by atoms with Crippen molar-refractivity contribution >= 4 is 17.2 Å². The first-order valence-electron chi connectivity index (χ1n) is 8.48.